The topological polar surface area (TPSA) is 29.0 Å². The van der Waals surface area contributed by atoms with E-state index in [1.165, 1.54) is 11.3 Å². The van der Waals surface area contributed by atoms with Crippen molar-refractivity contribution in [2.45, 2.75) is 19.9 Å². The van der Waals surface area contributed by atoms with Gasteiger partial charge in [0.1, 0.15) is 0 Å². The van der Waals surface area contributed by atoms with Crippen molar-refractivity contribution < 1.29 is 0 Å². The average Bonchev–Trinajstić information content (AvgIpc) is 2.91. The maximum absolute atomic E-state index is 4.71. The number of hydrogen-bond donors (Lipinski definition) is 0. The summed E-state index contributed by atoms with van der Waals surface area (Å²) in [6.45, 7) is 5.39. The van der Waals surface area contributed by atoms with Crippen LogP contribution in [0.25, 0.3) is 10.7 Å². The van der Waals surface area contributed by atoms with Crippen molar-refractivity contribution >= 4 is 11.3 Å². The number of fused-ring (bicyclic) bond motifs is 1. The van der Waals surface area contributed by atoms with E-state index in [0.29, 0.717) is 0 Å². The van der Waals surface area contributed by atoms with Gasteiger partial charge in [-0.3, -0.25) is 4.90 Å². The fourth-order valence-electron chi connectivity index (χ4n) is 2.15. The molecule has 0 aromatic carbocycles. The molecule has 1 aliphatic heterocycles. The van der Waals surface area contributed by atoms with E-state index in [2.05, 4.69) is 28.3 Å². The van der Waals surface area contributed by atoms with Crippen LogP contribution in [0.3, 0.4) is 0 Å². The average molecular weight is 245 g/mol. The summed E-state index contributed by atoms with van der Waals surface area (Å²) in [5.74, 6) is 0.872. The first-order chi connectivity index (χ1) is 8.36. The number of thiophene rings is 1. The largest absolute Gasteiger partial charge is 0.297 e. The SMILES string of the molecule is CCN1CCc2cnc(-c3cccs3)nc2C1. The first kappa shape index (κ1) is 10.9. The number of rotatable bonds is 2. The van der Waals surface area contributed by atoms with E-state index in [9.17, 15) is 0 Å². The van der Waals surface area contributed by atoms with Crippen molar-refractivity contribution in [3.63, 3.8) is 0 Å². The molecule has 3 heterocycles. The van der Waals surface area contributed by atoms with E-state index in [1.54, 1.807) is 11.3 Å². The number of hydrogen-bond acceptors (Lipinski definition) is 4. The van der Waals surface area contributed by atoms with Gasteiger partial charge in [0.2, 0.25) is 0 Å². The molecule has 4 heteroatoms. The van der Waals surface area contributed by atoms with E-state index >= 15 is 0 Å². The fraction of sp³-hybridized carbons (Fsp3) is 0.385. The van der Waals surface area contributed by atoms with Crippen LogP contribution in [-0.2, 0) is 13.0 Å². The molecule has 0 spiro atoms. The van der Waals surface area contributed by atoms with Crippen molar-refractivity contribution in [3.05, 3.63) is 35.0 Å². The Labute approximate surface area is 105 Å². The lowest BCUT2D eigenvalue weighted by atomic mass is 10.1. The molecule has 0 radical (unpaired) electrons. The quantitative estimate of drug-likeness (QED) is 0.814. The molecule has 0 fully saturated rings. The molecule has 0 N–H and O–H groups in total. The van der Waals surface area contributed by atoms with Gasteiger partial charge in [0.05, 0.1) is 10.6 Å². The zero-order valence-electron chi connectivity index (χ0n) is 9.89. The maximum Gasteiger partial charge on any atom is 0.169 e. The van der Waals surface area contributed by atoms with Gasteiger partial charge in [0.15, 0.2) is 5.82 Å². The van der Waals surface area contributed by atoms with E-state index in [-0.39, 0.29) is 0 Å². The highest BCUT2D eigenvalue weighted by molar-refractivity contribution is 7.13. The van der Waals surface area contributed by atoms with Crippen LogP contribution in [0.15, 0.2) is 23.7 Å². The molecule has 3 nitrogen and oxygen atoms in total. The molecule has 0 saturated heterocycles. The van der Waals surface area contributed by atoms with E-state index in [0.717, 1.165) is 36.8 Å². The highest BCUT2D eigenvalue weighted by atomic mass is 32.1. The lowest BCUT2D eigenvalue weighted by Crippen LogP contribution is -2.31. The second kappa shape index (κ2) is 4.55. The zero-order chi connectivity index (χ0) is 11.7. The molecule has 1 aliphatic rings. The third kappa shape index (κ3) is 2.10. The van der Waals surface area contributed by atoms with E-state index in [4.69, 9.17) is 4.98 Å². The molecular weight excluding hydrogens is 230 g/mol. The van der Waals surface area contributed by atoms with Crippen LogP contribution < -0.4 is 0 Å². The van der Waals surface area contributed by atoms with Crippen LogP contribution in [0.5, 0.6) is 0 Å². The van der Waals surface area contributed by atoms with Crippen LogP contribution in [0, 0.1) is 0 Å². The van der Waals surface area contributed by atoms with Gasteiger partial charge in [-0.05, 0) is 30.0 Å². The van der Waals surface area contributed by atoms with Gasteiger partial charge in [-0.25, -0.2) is 9.97 Å². The van der Waals surface area contributed by atoms with Crippen molar-refractivity contribution in [1.29, 1.82) is 0 Å². The summed E-state index contributed by atoms with van der Waals surface area (Å²) in [5, 5.41) is 2.07. The minimum absolute atomic E-state index is 0.872. The smallest absolute Gasteiger partial charge is 0.169 e. The molecule has 0 aliphatic carbocycles. The van der Waals surface area contributed by atoms with Gasteiger partial charge in [0.25, 0.3) is 0 Å². The van der Waals surface area contributed by atoms with Crippen LogP contribution in [-0.4, -0.2) is 28.0 Å². The van der Waals surface area contributed by atoms with Crippen molar-refractivity contribution in [2.75, 3.05) is 13.1 Å². The molecule has 2 aromatic heterocycles. The summed E-state index contributed by atoms with van der Waals surface area (Å²) >= 11 is 1.69. The van der Waals surface area contributed by atoms with Gasteiger partial charge in [-0.15, -0.1) is 11.3 Å². The van der Waals surface area contributed by atoms with Crippen molar-refractivity contribution in [3.8, 4) is 10.7 Å². The predicted molar refractivity (Wildman–Crippen MR) is 70.0 cm³/mol. The Morgan fingerprint density at radius 2 is 2.41 bits per heavy atom. The Kier molecular flexibility index (Phi) is 2.91. The first-order valence-electron chi connectivity index (χ1n) is 5.98. The molecule has 0 atom stereocenters. The molecule has 0 saturated carbocycles. The zero-order valence-corrected chi connectivity index (χ0v) is 10.7. The fourth-order valence-corrected chi connectivity index (χ4v) is 2.82. The summed E-state index contributed by atoms with van der Waals surface area (Å²) in [5.41, 5.74) is 2.52. The lowest BCUT2D eigenvalue weighted by Gasteiger charge is -2.26. The summed E-state index contributed by atoms with van der Waals surface area (Å²) in [7, 11) is 0. The first-order valence-corrected chi connectivity index (χ1v) is 6.86. The van der Waals surface area contributed by atoms with Crippen LogP contribution in [0.2, 0.25) is 0 Å². The molecular formula is C13H15N3S. The Hall–Kier alpha value is -1.26. The van der Waals surface area contributed by atoms with Gasteiger partial charge >= 0.3 is 0 Å². The molecule has 2 aromatic rings. The van der Waals surface area contributed by atoms with Crippen molar-refractivity contribution in [2.24, 2.45) is 0 Å². The summed E-state index contributed by atoms with van der Waals surface area (Å²) < 4.78 is 0. The standard InChI is InChI=1S/C13H15N3S/c1-2-16-6-5-10-8-14-13(15-11(10)9-16)12-4-3-7-17-12/h3-4,7-8H,2,5-6,9H2,1H3. The second-order valence-electron chi connectivity index (χ2n) is 4.26. The summed E-state index contributed by atoms with van der Waals surface area (Å²) in [6.07, 6.45) is 3.08. The normalized spacial score (nSPS) is 15.8. The van der Waals surface area contributed by atoms with E-state index < -0.39 is 0 Å². The third-order valence-electron chi connectivity index (χ3n) is 3.21. The third-order valence-corrected chi connectivity index (χ3v) is 4.08. The minimum Gasteiger partial charge on any atom is -0.297 e. The Bertz CT molecular complexity index is 507. The summed E-state index contributed by atoms with van der Waals surface area (Å²) in [4.78, 5) is 12.8. The number of nitrogens with zero attached hydrogens (tertiary/aromatic N) is 3. The van der Waals surface area contributed by atoms with E-state index in [1.807, 2.05) is 12.3 Å². The van der Waals surface area contributed by atoms with Gasteiger partial charge in [-0.1, -0.05) is 13.0 Å². The highest BCUT2D eigenvalue weighted by Gasteiger charge is 2.17. The number of likely N-dealkylation sites (N-methyl/N-ethyl adjacent to an activating group) is 1. The maximum atomic E-state index is 4.71. The van der Waals surface area contributed by atoms with Gasteiger partial charge < -0.3 is 0 Å². The molecule has 0 amide bonds. The van der Waals surface area contributed by atoms with Crippen LogP contribution in [0.4, 0.5) is 0 Å². The van der Waals surface area contributed by atoms with Crippen LogP contribution >= 0.6 is 11.3 Å². The summed E-state index contributed by atoms with van der Waals surface area (Å²) in [6, 6.07) is 4.12. The van der Waals surface area contributed by atoms with Gasteiger partial charge in [0, 0.05) is 19.3 Å². The van der Waals surface area contributed by atoms with Gasteiger partial charge in [-0.2, -0.15) is 0 Å². The Morgan fingerprint density at radius 3 is 3.18 bits per heavy atom. The molecule has 3 rings (SSSR count). The monoisotopic (exact) mass is 245 g/mol. The Balaban J connectivity index is 1.95. The van der Waals surface area contributed by atoms with Crippen LogP contribution in [0.1, 0.15) is 18.2 Å². The molecule has 0 bridgehead atoms. The predicted octanol–water partition coefficient (Wildman–Crippen LogP) is 2.58. The number of aromatic nitrogens is 2. The minimum atomic E-state index is 0.872. The second-order valence-corrected chi connectivity index (χ2v) is 5.21. The van der Waals surface area contributed by atoms with Crippen molar-refractivity contribution in [1.82, 2.24) is 14.9 Å². The molecule has 17 heavy (non-hydrogen) atoms. The lowest BCUT2D eigenvalue weighted by molar-refractivity contribution is 0.263. The highest BCUT2D eigenvalue weighted by Crippen LogP contribution is 2.23. The molecule has 0 unspecified atom stereocenters. The Morgan fingerprint density at radius 1 is 1.47 bits per heavy atom. The molecule has 88 valence electrons.